The molecule has 87 valence electrons. The first-order valence-corrected chi connectivity index (χ1v) is 5.31. The summed E-state index contributed by atoms with van der Waals surface area (Å²) in [6, 6.07) is 0. The lowest BCUT2D eigenvalue weighted by atomic mass is 9.96. The second-order valence-corrected chi connectivity index (χ2v) is 3.67. The van der Waals surface area contributed by atoms with Gasteiger partial charge in [0.05, 0.1) is 5.92 Å². The van der Waals surface area contributed by atoms with Gasteiger partial charge in [-0.15, -0.1) is 0 Å². The Hall–Kier alpha value is -1.06. The van der Waals surface area contributed by atoms with Gasteiger partial charge in [0, 0.05) is 6.42 Å². The zero-order valence-corrected chi connectivity index (χ0v) is 8.95. The van der Waals surface area contributed by atoms with Crippen LogP contribution in [0, 0.1) is 12.8 Å². The molecule has 0 aliphatic carbocycles. The standard InChI is InChI=1S/C11H19O4/c1-2-3-6-9(11(14)15)7-4-5-8-10(12)13/h9H,1-8H2,(H,12,13)(H,14,15). The van der Waals surface area contributed by atoms with Crippen molar-refractivity contribution < 1.29 is 19.8 Å². The number of carboxylic acid groups (broad SMARTS) is 2. The van der Waals surface area contributed by atoms with E-state index in [0.29, 0.717) is 25.7 Å². The normalized spacial score (nSPS) is 12.3. The molecule has 15 heavy (non-hydrogen) atoms. The molecule has 0 bridgehead atoms. The fourth-order valence-corrected chi connectivity index (χ4v) is 1.45. The zero-order chi connectivity index (χ0) is 11.7. The molecule has 0 aliphatic heterocycles. The lowest BCUT2D eigenvalue weighted by Crippen LogP contribution is -2.13. The Balaban J connectivity index is 3.66. The zero-order valence-electron chi connectivity index (χ0n) is 8.95. The summed E-state index contributed by atoms with van der Waals surface area (Å²) < 4.78 is 0. The van der Waals surface area contributed by atoms with Crippen LogP contribution < -0.4 is 0 Å². The minimum Gasteiger partial charge on any atom is -0.481 e. The van der Waals surface area contributed by atoms with Crippen LogP contribution in [0.2, 0.25) is 0 Å². The largest absolute Gasteiger partial charge is 0.481 e. The van der Waals surface area contributed by atoms with Crippen molar-refractivity contribution in [1.29, 1.82) is 0 Å². The number of carbonyl (C=O) groups is 2. The molecule has 1 atom stereocenters. The summed E-state index contributed by atoms with van der Waals surface area (Å²) in [5.74, 6) is -1.93. The van der Waals surface area contributed by atoms with Crippen LogP contribution in [0.4, 0.5) is 0 Å². The van der Waals surface area contributed by atoms with Crippen LogP contribution in [0.3, 0.4) is 0 Å². The average molecular weight is 215 g/mol. The first kappa shape index (κ1) is 13.9. The van der Waals surface area contributed by atoms with Crippen molar-refractivity contribution in [2.75, 3.05) is 0 Å². The van der Waals surface area contributed by atoms with Crippen molar-refractivity contribution >= 4 is 11.9 Å². The van der Waals surface area contributed by atoms with Gasteiger partial charge in [-0.05, 0) is 19.3 Å². The maximum atomic E-state index is 10.8. The predicted molar refractivity (Wildman–Crippen MR) is 56.4 cm³/mol. The molecule has 0 aromatic rings. The molecule has 0 aliphatic rings. The molecule has 0 rings (SSSR count). The van der Waals surface area contributed by atoms with Gasteiger partial charge in [-0.25, -0.2) is 0 Å². The average Bonchev–Trinajstić information content (AvgIpc) is 2.15. The second kappa shape index (κ2) is 8.26. The van der Waals surface area contributed by atoms with E-state index in [0.717, 1.165) is 12.8 Å². The highest BCUT2D eigenvalue weighted by Crippen LogP contribution is 2.16. The van der Waals surface area contributed by atoms with Crippen LogP contribution in [0.5, 0.6) is 0 Å². The molecule has 0 amide bonds. The van der Waals surface area contributed by atoms with Crippen LogP contribution in [-0.2, 0) is 9.59 Å². The molecule has 0 aromatic heterocycles. The highest BCUT2D eigenvalue weighted by Gasteiger charge is 2.15. The summed E-state index contributed by atoms with van der Waals surface area (Å²) in [5.41, 5.74) is 0. The number of rotatable bonds is 9. The molecule has 4 nitrogen and oxygen atoms in total. The first-order chi connectivity index (χ1) is 7.07. The third kappa shape index (κ3) is 7.97. The van der Waals surface area contributed by atoms with E-state index in [4.69, 9.17) is 10.2 Å². The van der Waals surface area contributed by atoms with E-state index in [1.165, 1.54) is 0 Å². The molecule has 1 unspecified atom stereocenters. The van der Waals surface area contributed by atoms with E-state index in [9.17, 15) is 9.59 Å². The van der Waals surface area contributed by atoms with Crippen molar-refractivity contribution in [1.82, 2.24) is 0 Å². The molecule has 0 spiro atoms. The highest BCUT2D eigenvalue weighted by atomic mass is 16.4. The Morgan fingerprint density at radius 3 is 2.13 bits per heavy atom. The van der Waals surface area contributed by atoms with Gasteiger partial charge in [-0.2, -0.15) is 0 Å². The minimum absolute atomic E-state index is 0.127. The molecule has 0 aromatic carbocycles. The molecule has 0 saturated heterocycles. The van der Waals surface area contributed by atoms with Gasteiger partial charge in [0.25, 0.3) is 0 Å². The Kier molecular flexibility index (Phi) is 7.68. The van der Waals surface area contributed by atoms with Crippen molar-refractivity contribution in [3.63, 3.8) is 0 Å². The lowest BCUT2D eigenvalue weighted by Gasteiger charge is -2.10. The fourth-order valence-electron chi connectivity index (χ4n) is 1.45. The third-order valence-corrected chi connectivity index (χ3v) is 2.35. The number of hydrogen-bond donors (Lipinski definition) is 2. The Bertz CT molecular complexity index is 201. The van der Waals surface area contributed by atoms with Gasteiger partial charge in [0.1, 0.15) is 0 Å². The van der Waals surface area contributed by atoms with Crippen LogP contribution >= 0.6 is 0 Å². The third-order valence-electron chi connectivity index (χ3n) is 2.35. The van der Waals surface area contributed by atoms with Gasteiger partial charge in [0.15, 0.2) is 0 Å². The number of unbranched alkanes of at least 4 members (excludes halogenated alkanes) is 2. The molecule has 0 heterocycles. The summed E-state index contributed by atoms with van der Waals surface area (Å²) in [7, 11) is 0. The molecule has 0 fully saturated rings. The summed E-state index contributed by atoms with van der Waals surface area (Å²) in [6.07, 6.45) is 4.13. The highest BCUT2D eigenvalue weighted by molar-refractivity contribution is 5.69. The molecular weight excluding hydrogens is 196 g/mol. The maximum Gasteiger partial charge on any atom is 0.306 e. The van der Waals surface area contributed by atoms with Crippen LogP contribution in [0.15, 0.2) is 0 Å². The lowest BCUT2D eigenvalue weighted by molar-refractivity contribution is -0.142. The van der Waals surface area contributed by atoms with E-state index < -0.39 is 11.9 Å². The molecule has 1 radical (unpaired) electrons. The van der Waals surface area contributed by atoms with E-state index in [1.54, 1.807) is 0 Å². The maximum absolute atomic E-state index is 10.8. The van der Waals surface area contributed by atoms with Crippen LogP contribution in [0.25, 0.3) is 0 Å². The molecule has 2 N–H and O–H groups in total. The van der Waals surface area contributed by atoms with E-state index in [2.05, 4.69) is 6.92 Å². The summed E-state index contributed by atoms with van der Waals surface area (Å²) in [6.45, 7) is 3.67. The van der Waals surface area contributed by atoms with E-state index in [-0.39, 0.29) is 12.3 Å². The summed E-state index contributed by atoms with van der Waals surface area (Å²) in [4.78, 5) is 21.0. The van der Waals surface area contributed by atoms with E-state index >= 15 is 0 Å². The smallest absolute Gasteiger partial charge is 0.306 e. The Morgan fingerprint density at radius 2 is 1.67 bits per heavy atom. The van der Waals surface area contributed by atoms with Crippen molar-refractivity contribution in [3.05, 3.63) is 6.92 Å². The van der Waals surface area contributed by atoms with Gasteiger partial charge in [-0.1, -0.05) is 26.2 Å². The van der Waals surface area contributed by atoms with E-state index in [1.807, 2.05) is 0 Å². The van der Waals surface area contributed by atoms with Crippen molar-refractivity contribution in [3.8, 4) is 0 Å². The number of aliphatic carboxylic acids is 2. The van der Waals surface area contributed by atoms with Gasteiger partial charge < -0.3 is 10.2 Å². The van der Waals surface area contributed by atoms with Crippen molar-refractivity contribution in [2.45, 2.75) is 44.9 Å². The quantitative estimate of drug-likeness (QED) is 0.579. The number of carboxylic acids is 2. The second-order valence-electron chi connectivity index (χ2n) is 3.67. The topological polar surface area (TPSA) is 74.6 Å². The first-order valence-electron chi connectivity index (χ1n) is 5.31. The predicted octanol–water partition coefficient (Wildman–Crippen LogP) is 2.34. The van der Waals surface area contributed by atoms with Gasteiger partial charge in [0.2, 0.25) is 0 Å². The van der Waals surface area contributed by atoms with Crippen LogP contribution in [-0.4, -0.2) is 22.2 Å². The SMILES string of the molecule is [CH2]CCCC(CCCCC(=O)O)C(=O)O. The fraction of sp³-hybridized carbons (Fsp3) is 0.727. The summed E-state index contributed by atoms with van der Waals surface area (Å²) >= 11 is 0. The van der Waals surface area contributed by atoms with Crippen molar-refractivity contribution in [2.24, 2.45) is 5.92 Å². The minimum atomic E-state index is -0.820. The number of hydrogen-bond acceptors (Lipinski definition) is 2. The van der Waals surface area contributed by atoms with Gasteiger partial charge >= 0.3 is 11.9 Å². The molecule has 0 saturated carbocycles. The summed E-state index contributed by atoms with van der Waals surface area (Å²) in [5, 5.41) is 17.3. The molecule has 4 heteroatoms. The Labute approximate surface area is 90.3 Å². The monoisotopic (exact) mass is 215 g/mol. The molecular formula is C11H19O4. The van der Waals surface area contributed by atoms with Gasteiger partial charge in [-0.3, -0.25) is 9.59 Å². The van der Waals surface area contributed by atoms with Crippen LogP contribution in [0.1, 0.15) is 44.9 Å². The Morgan fingerprint density at radius 1 is 1.07 bits per heavy atom.